The Kier molecular flexibility index (Phi) is 5.00. The Bertz CT molecular complexity index is 483. The molecule has 6 heteroatoms. The van der Waals surface area contributed by atoms with Gasteiger partial charge >= 0.3 is 0 Å². The van der Waals surface area contributed by atoms with E-state index < -0.39 is 11.7 Å². The van der Waals surface area contributed by atoms with E-state index in [0.717, 1.165) is 25.7 Å². The summed E-state index contributed by atoms with van der Waals surface area (Å²) in [5.74, 6) is 1.13. The average Bonchev–Trinajstić information content (AvgIpc) is 2.53. The summed E-state index contributed by atoms with van der Waals surface area (Å²) >= 11 is 0. The van der Waals surface area contributed by atoms with Crippen LogP contribution < -0.4 is 9.47 Å². The van der Waals surface area contributed by atoms with Gasteiger partial charge in [-0.3, -0.25) is 0 Å². The van der Waals surface area contributed by atoms with Crippen LogP contribution in [0.3, 0.4) is 0 Å². The number of ether oxygens (including phenoxy) is 3. The molecule has 1 fully saturated rings. The Morgan fingerprint density at radius 3 is 2.67 bits per heavy atom. The highest BCUT2D eigenvalue weighted by atomic mass is 16.5. The van der Waals surface area contributed by atoms with Crippen LogP contribution in [-0.4, -0.2) is 42.0 Å². The molecule has 3 unspecified atom stereocenters. The van der Waals surface area contributed by atoms with Crippen LogP contribution >= 0.6 is 0 Å². The number of hydrogen-bond acceptors (Lipinski definition) is 6. The fourth-order valence-corrected chi connectivity index (χ4v) is 3.14. The molecule has 0 bridgehead atoms. The third-order valence-electron chi connectivity index (χ3n) is 4.30. The Hall–Kier alpha value is -1.40. The van der Waals surface area contributed by atoms with Gasteiger partial charge in [-0.15, -0.1) is 0 Å². The van der Waals surface area contributed by atoms with E-state index in [9.17, 15) is 5.11 Å². The second-order valence-electron chi connectivity index (χ2n) is 5.68. The molecule has 0 amide bonds. The van der Waals surface area contributed by atoms with Crippen LogP contribution in [0.5, 0.6) is 11.8 Å². The van der Waals surface area contributed by atoms with Crippen molar-refractivity contribution in [3.63, 3.8) is 0 Å². The van der Waals surface area contributed by atoms with Crippen molar-refractivity contribution in [1.29, 1.82) is 0 Å². The van der Waals surface area contributed by atoms with Gasteiger partial charge in [0.2, 0.25) is 11.8 Å². The molecule has 0 saturated heterocycles. The Labute approximate surface area is 125 Å². The van der Waals surface area contributed by atoms with Gasteiger partial charge in [0.05, 0.1) is 26.0 Å². The summed E-state index contributed by atoms with van der Waals surface area (Å²) in [6, 6.07) is 0. The first-order valence-corrected chi connectivity index (χ1v) is 7.24. The standard InChI is InChI=1S/C15H24N2O4/c1-10-6-5-7-15(8-10,21-4)13(18)12-14(20-3)17-11(19-2)9-16-12/h9-10,13,18H,5-8H2,1-4H3. The molecule has 118 valence electrons. The summed E-state index contributed by atoms with van der Waals surface area (Å²) in [4.78, 5) is 8.46. The first kappa shape index (κ1) is 16.0. The van der Waals surface area contributed by atoms with Crippen LogP contribution in [0.25, 0.3) is 0 Å². The van der Waals surface area contributed by atoms with Crippen LogP contribution in [0.1, 0.15) is 44.4 Å². The van der Waals surface area contributed by atoms with E-state index in [2.05, 4.69) is 16.9 Å². The second kappa shape index (κ2) is 6.58. The molecule has 1 aromatic heterocycles. The zero-order valence-electron chi connectivity index (χ0n) is 13.1. The van der Waals surface area contributed by atoms with Crippen molar-refractivity contribution < 1.29 is 19.3 Å². The fraction of sp³-hybridized carbons (Fsp3) is 0.733. The Morgan fingerprint density at radius 2 is 2.10 bits per heavy atom. The fourth-order valence-electron chi connectivity index (χ4n) is 3.14. The number of methoxy groups -OCH3 is 3. The highest BCUT2D eigenvalue weighted by Gasteiger charge is 2.44. The van der Waals surface area contributed by atoms with Gasteiger partial charge in [0.1, 0.15) is 11.8 Å². The van der Waals surface area contributed by atoms with Crippen LogP contribution in [0, 0.1) is 5.92 Å². The van der Waals surface area contributed by atoms with Crippen molar-refractivity contribution in [2.75, 3.05) is 21.3 Å². The maximum absolute atomic E-state index is 10.8. The number of rotatable bonds is 5. The van der Waals surface area contributed by atoms with Gasteiger partial charge in [-0.25, -0.2) is 4.98 Å². The summed E-state index contributed by atoms with van der Waals surface area (Å²) < 4.78 is 16.0. The molecule has 1 aliphatic carbocycles. The predicted octanol–water partition coefficient (Wildman–Crippen LogP) is 2.12. The zero-order valence-corrected chi connectivity index (χ0v) is 13.1. The van der Waals surface area contributed by atoms with Gasteiger partial charge < -0.3 is 19.3 Å². The lowest BCUT2D eigenvalue weighted by Crippen LogP contribution is -2.43. The van der Waals surface area contributed by atoms with Crippen LogP contribution in [0.15, 0.2) is 6.20 Å². The molecule has 0 aliphatic heterocycles. The monoisotopic (exact) mass is 296 g/mol. The summed E-state index contributed by atoms with van der Waals surface area (Å²) in [6.07, 6.45) is 4.38. The molecule has 1 saturated carbocycles. The van der Waals surface area contributed by atoms with Crippen LogP contribution in [0.4, 0.5) is 0 Å². The van der Waals surface area contributed by atoms with E-state index in [4.69, 9.17) is 14.2 Å². The van der Waals surface area contributed by atoms with Crippen LogP contribution in [-0.2, 0) is 4.74 Å². The van der Waals surface area contributed by atoms with E-state index in [-0.39, 0.29) is 5.88 Å². The Balaban J connectivity index is 2.35. The van der Waals surface area contributed by atoms with Gasteiger partial charge in [-0.1, -0.05) is 19.8 Å². The molecule has 6 nitrogen and oxygen atoms in total. The van der Waals surface area contributed by atoms with Crippen molar-refractivity contribution >= 4 is 0 Å². The molecule has 0 aromatic carbocycles. The zero-order chi connectivity index (χ0) is 15.5. The van der Waals surface area contributed by atoms with Crippen molar-refractivity contribution in [3.05, 3.63) is 11.9 Å². The first-order chi connectivity index (χ1) is 10.1. The number of nitrogens with zero attached hydrogens (tertiary/aromatic N) is 2. The molecule has 0 spiro atoms. The lowest BCUT2D eigenvalue weighted by atomic mass is 9.75. The summed E-state index contributed by atoms with van der Waals surface area (Å²) in [5.41, 5.74) is -0.233. The largest absolute Gasteiger partial charge is 0.480 e. The van der Waals surface area contributed by atoms with Gasteiger partial charge in [-0.05, 0) is 18.8 Å². The molecule has 21 heavy (non-hydrogen) atoms. The van der Waals surface area contributed by atoms with E-state index in [0.29, 0.717) is 17.5 Å². The summed E-state index contributed by atoms with van der Waals surface area (Å²) in [5, 5.41) is 10.8. The quantitative estimate of drug-likeness (QED) is 0.897. The van der Waals surface area contributed by atoms with Crippen molar-refractivity contribution in [2.24, 2.45) is 5.92 Å². The highest BCUT2D eigenvalue weighted by Crippen LogP contribution is 2.44. The smallest absolute Gasteiger partial charge is 0.241 e. The number of aliphatic hydroxyl groups is 1. The maximum atomic E-state index is 10.8. The first-order valence-electron chi connectivity index (χ1n) is 7.24. The molecule has 3 atom stereocenters. The number of aliphatic hydroxyl groups excluding tert-OH is 1. The molecule has 1 aromatic rings. The number of hydrogen-bond donors (Lipinski definition) is 1. The third-order valence-corrected chi connectivity index (χ3v) is 4.30. The molecule has 1 heterocycles. The average molecular weight is 296 g/mol. The topological polar surface area (TPSA) is 73.7 Å². The summed E-state index contributed by atoms with van der Waals surface area (Å²) in [7, 11) is 4.66. The maximum Gasteiger partial charge on any atom is 0.241 e. The highest BCUT2D eigenvalue weighted by molar-refractivity contribution is 5.27. The normalized spacial score (nSPS) is 27.2. The third kappa shape index (κ3) is 3.11. The van der Waals surface area contributed by atoms with Gasteiger partial charge in [-0.2, -0.15) is 4.98 Å². The van der Waals surface area contributed by atoms with E-state index in [1.807, 2.05) is 0 Å². The molecular weight excluding hydrogens is 272 g/mol. The molecule has 2 rings (SSSR count). The molecule has 0 radical (unpaired) electrons. The SMILES string of the molecule is COc1cnc(C(O)C2(OC)CCCC(C)C2)c(OC)n1. The minimum absolute atomic E-state index is 0.275. The van der Waals surface area contributed by atoms with Gasteiger partial charge in [0.25, 0.3) is 0 Å². The molecule has 1 N–H and O–H groups in total. The van der Waals surface area contributed by atoms with Crippen LogP contribution in [0.2, 0.25) is 0 Å². The second-order valence-corrected chi connectivity index (χ2v) is 5.68. The summed E-state index contributed by atoms with van der Waals surface area (Å²) in [6.45, 7) is 2.18. The van der Waals surface area contributed by atoms with Crippen molar-refractivity contribution in [1.82, 2.24) is 9.97 Å². The van der Waals surface area contributed by atoms with Gasteiger partial charge in [0.15, 0.2) is 0 Å². The van der Waals surface area contributed by atoms with E-state index in [1.54, 1.807) is 7.11 Å². The van der Waals surface area contributed by atoms with E-state index in [1.165, 1.54) is 20.4 Å². The van der Waals surface area contributed by atoms with E-state index >= 15 is 0 Å². The predicted molar refractivity (Wildman–Crippen MR) is 77.5 cm³/mol. The van der Waals surface area contributed by atoms with Crippen molar-refractivity contribution in [2.45, 2.75) is 44.3 Å². The lowest BCUT2D eigenvalue weighted by Gasteiger charge is -2.42. The lowest BCUT2D eigenvalue weighted by molar-refractivity contribution is -0.136. The van der Waals surface area contributed by atoms with Crippen molar-refractivity contribution in [3.8, 4) is 11.8 Å². The molecular formula is C15H24N2O4. The minimum atomic E-state index is -0.876. The molecule has 1 aliphatic rings. The Morgan fingerprint density at radius 1 is 1.33 bits per heavy atom. The minimum Gasteiger partial charge on any atom is -0.480 e. The number of aromatic nitrogens is 2. The van der Waals surface area contributed by atoms with Gasteiger partial charge in [0, 0.05) is 7.11 Å².